The van der Waals surface area contributed by atoms with E-state index in [0.29, 0.717) is 37.0 Å². The van der Waals surface area contributed by atoms with E-state index in [1.54, 1.807) is 42.7 Å². The highest BCUT2D eigenvalue weighted by molar-refractivity contribution is 7.89. The molecule has 28 heavy (non-hydrogen) atoms. The van der Waals surface area contributed by atoms with Gasteiger partial charge in [-0.05, 0) is 42.8 Å². The van der Waals surface area contributed by atoms with Gasteiger partial charge in [0.15, 0.2) is 5.13 Å². The third kappa shape index (κ3) is 3.45. The Kier molecular flexibility index (Phi) is 5.22. The molecule has 1 aliphatic rings. The zero-order chi connectivity index (χ0) is 19.9. The Balaban J connectivity index is 1.51. The highest BCUT2D eigenvalue weighted by atomic mass is 35.5. The van der Waals surface area contributed by atoms with Crippen molar-refractivity contribution in [2.75, 3.05) is 38.2 Å². The van der Waals surface area contributed by atoms with Crippen molar-refractivity contribution in [2.24, 2.45) is 0 Å². The van der Waals surface area contributed by atoms with Gasteiger partial charge in [0.1, 0.15) is 5.75 Å². The number of hydrogen-bond acceptors (Lipinski definition) is 6. The number of piperazine rings is 1. The number of hydrogen-bond donors (Lipinski definition) is 0. The molecule has 0 N–H and O–H groups in total. The van der Waals surface area contributed by atoms with Crippen LogP contribution in [-0.4, -0.2) is 51.0 Å². The molecule has 4 rings (SSSR count). The number of aromatic nitrogens is 1. The molecule has 0 amide bonds. The lowest BCUT2D eigenvalue weighted by molar-refractivity contribution is 0.384. The topological polar surface area (TPSA) is 62.7 Å². The lowest BCUT2D eigenvalue weighted by Crippen LogP contribution is -2.48. The second-order valence-electron chi connectivity index (χ2n) is 6.61. The molecule has 1 aromatic heterocycles. The molecule has 148 valence electrons. The smallest absolute Gasteiger partial charge is 0.243 e. The zero-order valence-corrected chi connectivity index (χ0v) is 17.9. The van der Waals surface area contributed by atoms with E-state index in [2.05, 4.69) is 4.90 Å². The van der Waals surface area contributed by atoms with E-state index in [1.165, 1.54) is 4.31 Å². The predicted octanol–water partition coefficient (Wildman–Crippen LogP) is 3.78. The molecule has 0 atom stereocenters. The SMILES string of the molecule is COc1ccc(S(=O)(=O)N2CCN(c3nc4c(C)ccc(Cl)c4s3)CC2)cc1. The minimum atomic E-state index is -3.52. The number of fused-ring (bicyclic) bond motifs is 1. The molecule has 0 bridgehead atoms. The summed E-state index contributed by atoms with van der Waals surface area (Å²) in [6.45, 7) is 4.02. The molecule has 0 saturated carbocycles. The fourth-order valence-electron chi connectivity index (χ4n) is 3.24. The summed E-state index contributed by atoms with van der Waals surface area (Å²) in [5, 5.41) is 1.58. The van der Waals surface area contributed by atoms with E-state index in [4.69, 9.17) is 21.3 Å². The van der Waals surface area contributed by atoms with Crippen molar-refractivity contribution in [3.05, 3.63) is 47.0 Å². The van der Waals surface area contributed by atoms with Gasteiger partial charge in [-0.3, -0.25) is 0 Å². The first kappa shape index (κ1) is 19.4. The maximum Gasteiger partial charge on any atom is 0.243 e. The van der Waals surface area contributed by atoms with Gasteiger partial charge in [0.25, 0.3) is 0 Å². The van der Waals surface area contributed by atoms with Crippen molar-refractivity contribution in [3.8, 4) is 5.75 Å². The number of methoxy groups -OCH3 is 1. The first-order chi connectivity index (χ1) is 13.4. The quantitative estimate of drug-likeness (QED) is 0.621. The molecule has 0 radical (unpaired) electrons. The van der Waals surface area contributed by atoms with Gasteiger partial charge in [0.05, 0.1) is 27.2 Å². The number of nitrogens with zero attached hydrogens (tertiary/aromatic N) is 3. The molecule has 2 heterocycles. The molecule has 6 nitrogen and oxygen atoms in total. The van der Waals surface area contributed by atoms with Gasteiger partial charge in [-0.15, -0.1) is 0 Å². The second kappa shape index (κ2) is 7.51. The Morgan fingerprint density at radius 3 is 2.36 bits per heavy atom. The van der Waals surface area contributed by atoms with Gasteiger partial charge < -0.3 is 9.64 Å². The maximum atomic E-state index is 12.9. The number of aryl methyl sites for hydroxylation is 1. The van der Waals surface area contributed by atoms with Gasteiger partial charge in [-0.2, -0.15) is 4.31 Å². The average molecular weight is 438 g/mol. The third-order valence-corrected chi connectivity index (χ3v) is 8.38. The van der Waals surface area contributed by atoms with Crippen molar-refractivity contribution in [2.45, 2.75) is 11.8 Å². The average Bonchev–Trinajstić information content (AvgIpc) is 3.18. The molecule has 0 aliphatic carbocycles. The maximum absolute atomic E-state index is 12.9. The van der Waals surface area contributed by atoms with E-state index < -0.39 is 10.0 Å². The van der Waals surface area contributed by atoms with Crippen LogP contribution in [-0.2, 0) is 10.0 Å². The highest BCUT2D eigenvalue weighted by Crippen LogP contribution is 2.36. The number of sulfonamides is 1. The summed E-state index contributed by atoms with van der Waals surface area (Å²) < 4.78 is 33.4. The molecule has 1 fully saturated rings. The Morgan fingerprint density at radius 1 is 1.07 bits per heavy atom. The third-order valence-electron chi connectivity index (χ3n) is 4.89. The van der Waals surface area contributed by atoms with Crippen LogP contribution in [0.4, 0.5) is 5.13 Å². The van der Waals surface area contributed by atoms with Crippen LogP contribution in [0.3, 0.4) is 0 Å². The summed E-state index contributed by atoms with van der Waals surface area (Å²) in [5.41, 5.74) is 2.00. The molecule has 1 saturated heterocycles. The van der Waals surface area contributed by atoms with Crippen LogP contribution in [0.15, 0.2) is 41.3 Å². The first-order valence-electron chi connectivity index (χ1n) is 8.85. The van der Waals surface area contributed by atoms with Crippen LogP contribution in [0.2, 0.25) is 5.02 Å². The second-order valence-corrected chi connectivity index (χ2v) is 9.93. The highest BCUT2D eigenvalue weighted by Gasteiger charge is 2.29. The Hall–Kier alpha value is -1.87. The van der Waals surface area contributed by atoms with Crippen molar-refractivity contribution < 1.29 is 13.2 Å². The van der Waals surface area contributed by atoms with E-state index in [0.717, 1.165) is 20.9 Å². The van der Waals surface area contributed by atoms with Crippen molar-refractivity contribution in [1.29, 1.82) is 0 Å². The zero-order valence-electron chi connectivity index (χ0n) is 15.6. The molecular formula is C19H20ClN3O3S2. The number of thiazole rings is 1. The molecular weight excluding hydrogens is 418 g/mol. The molecule has 3 aromatic rings. The Morgan fingerprint density at radius 2 is 1.75 bits per heavy atom. The van der Waals surface area contributed by atoms with Crippen LogP contribution in [0.25, 0.3) is 10.2 Å². The summed E-state index contributed by atoms with van der Waals surface area (Å²) in [7, 11) is -1.96. The standard InChI is InChI=1S/C19H20ClN3O3S2/c1-13-3-8-16(20)18-17(13)21-19(27-18)22-9-11-23(12-10-22)28(24,25)15-6-4-14(26-2)5-7-15/h3-8H,9-12H2,1-2H3. The number of benzene rings is 2. The van der Waals surface area contributed by atoms with Crippen molar-refractivity contribution in [1.82, 2.24) is 9.29 Å². The fourth-order valence-corrected chi connectivity index (χ4v) is 6.03. The number of halogens is 1. The van der Waals surface area contributed by atoms with Gasteiger partial charge >= 0.3 is 0 Å². The van der Waals surface area contributed by atoms with E-state index in [1.807, 2.05) is 19.1 Å². The number of anilines is 1. The number of ether oxygens (including phenoxy) is 1. The molecule has 0 unspecified atom stereocenters. The molecule has 0 spiro atoms. The van der Waals surface area contributed by atoms with Gasteiger partial charge in [-0.1, -0.05) is 29.0 Å². The summed E-state index contributed by atoms with van der Waals surface area (Å²) in [5.74, 6) is 0.633. The van der Waals surface area contributed by atoms with E-state index >= 15 is 0 Å². The van der Waals surface area contributed by atoms with Crippen LogP contribution in [0.5, 0.6) is 5.75 Å². The minimum Gasteiger partial charge on any atom is -0.497 e. The minimum absolute atomic E-state index is 0.282. The van der Waals surface area contributed by atoms with Crippen molar-refractivity contribution >= 4 is 48.3 Å². The molecule has 2 aromatic carbocycles. The van der Waals surface area contributed by atoms with Crippen LogP contribution >= 0.6 is 22.9 Å². The predicted molar refractivity (Wildman–Crippen MR) is 113 cm³/mol. The lowest BCUT2D eigenvalue weighted by Gasteiger charge is -2.33. The monoisotopic (exact) mass is 437 g/mol. The summed E-state index contributed by atoms with van der Waals surface area (Å²) >= 11 is 7.86. The fraction of sp³-hybridized carbons (Fsp3) is 0.316. The van der Waals surface area contributed by atoms with Crippen LogP contribution in [0, 0.1) is 6.92 Å². The van der Waals surface area contributed by atoms with E-state index in [-0.39, 0.29) is 4.90 Å². The lowest BCUT2D eigenvalue weighted by atomic mass is 10.2. The van der Waals surface area contributed by atoms with E-state index in [9.17, 15) is 8.42 Å². The van der Waals surface area contributed by atoms with Gasteiger partial charge in [-0.25, -0.2) is 13.4 Å². The summed E-state index contributed by atoms with van der Waals surface area (Å²) in [4.78, 5) is 7.15. The number of rotatable bonds is 4. The Bertz CT molecular complexity index is 1070. The van der Waals surface area contributed by atoms with Gasteiger partial charge in [0.2, 0.25) is 10.0 Å². The van der Waals surface area contributed by atoms with Crippen LogP contribution < -0.4 is 9.64 Å². The largest absolute Gasteiger partial charge is 0.497 e. The summed E-state index contributed by atoms with van der Waals surface area (Å²) in [6, 6.07) is 10.3. The van der Waals surface area contributed by atoms with Crippen molar-refractivity contribution in [3.63, 3.8) is 0 Å². The Labute approximate surface area is 173 Å². The molecule has 9 heteroatoms. The van der Waals surface area contributed by atoms with Gasteiger partial charge in [0, 0.05) is 26.2 Å². The van der Waals surface area contributed by atoms with Crippen LogP contribution in [0.1, 0.15) is 5.56 Å². The molecule has 1 aliphatic heterocycles. The summed E-state index contributed by atoms with van der Waals surface area (Å²) in [6.07, 6.45) is 0. The first-order valence-corrected chi connectivity index (χ1v) is 11.5. The normalized spacial score (nSPS) is 15.9.